The van der Waals surface area contributed by atoms with Crippen molar-refractivity contribution in [3.05, 3.63) is 64.1 Å². The van der Waals surface area contributed by atoms with E-state index in [1.54, 1.807) is 18.2 Å². The van der Waals surface area contributed by atoms with Crippen molar-refractivity contribution in [1.29, 1.82) is 0 Å². The lowest BCUT2D eigenvalue weighted by Crippen LogP contribution is -2.43. The number of amides is 1. The molecule has 0 aromatic heterocycles. The molecule has 1 amide bonds. The van der Waals surface area contributed by atoms with Gasteiger partial charge in [0.15, 0.2) is 0 Å². The SMILES string of the molecule is CCc1ccc(NC(=O)C23CCC(C)(/C(=N\OC(=O)c4ccccc4Br)C2)C3(C)C)cc1. The number of carbonyl (C=O) groups is 2. The fourth-order valence-corrected chi connectivity index (χ4v) is 5.82. The van der Waals surface area contributed by atoms with Crippen LogP contribution in [0.1, 0.15) is 62.9 Å². The highest BCUT2D eigenvalue weighted by Gasteiger charge is 2.71. The van der Waals surface area contributed by atoms with Gasteiger partial charge >= 0.3 is 5.97 Å². The van der Waals surface area contributed by atoms with E-state index in [9.17, 15) is 9.59 Å². The van der Waals surface area contributed by atoms with Gasteiger partial charge in [-0.25, -0.2) is 4.79 Å². The molecular weight excluding hydrogens is 468 g/mol. The van der Waals surface area contributed by atoms with Gasteiger partial charge in [-0.3, -0.25) is 4.79 Å². The lowest BCUT2D eigenvalue weighted by Gasteiger charge is -2.39. The maximum absolute atomic E-state index is 13.6. The van der Waals surface area contributed by atoms with Crippen LogP contribution in [0.5, 0.6) is 0 Å². The molecule has 0 spiro atoms. The highest BCUT2D eigenvalue weighted by Crippen LogP contribution is 2.71. The van der Waals surface area contributed by atoms with Crippen LogP contribution in [-0.4, -0.2) is 17.6 Å². The molecule has 0 radical (unpaired) electrons. The van der Waals surface area contributed by atoms with Crippen molar-refractivity contribution < 1.29 is 14.4 Å². The van der Waals surface area contributed by atoms with Gasteiger partial charge in [0.05, 0.1) is 16.7 Å². The van der Waals surface area contributed by atoms with E-state index in [0.29, 0.717) is 16.5 Å². The summed E-state index contributed by atoms with van der Waals surface area (Å²) in [6.45, 7) is 8.52. The summed E-state index contributed by atoms with van der Waals surface area (Å²) < 4.78 is 0.662. The van der Waals surface area contributed by atoms with Crippen LogP contribution in [0.2, 0.25) is 0 Å². The second-order valence-corrected chi connectivity index (χ2v) is 10.5. The molecule has 32 heavy (non-hydrogen) atoms. The number of rotatable bonds is 5. The van der Waals surface area contributed by atoms with Crippen LogP contribution in [0.25, 0.3) is 0 Å². The summed E-state index contributed by atoms with van der Waals surface area (Å²) in [7, 11) is 0. The minimum absolute atomic E-state index is 0.0119. The van der Waals surface area contributed by atoms with Gasteiger partial charge in [-0.1, -0.05) is 57.1 Å². The molecule has 2 bridgehead atoms. The topological polar surface area (TPSA) is 67.8 Å². The van der Waals surface area contributed by atoms with Crippen molar-refractivity contribution in [2.45, 2.75) is 53.4 Å². The van der Waals surface area contributed by atoms with E-state index in [4.69, 9.17) is 4.84 Å². The Morgan fingerprint density at radius 3 is 2.41 bits per heavy atom. The summed E-state index contributed by atoms with van der Waals surface area (Å²) in [4.78, 5) is 31.5. The third-order valence-electron chi connectivity index (χ3n) is 8.12. The Morgan fingerprint density at radius 1 is 1.06 bits per heavy atom. The molecule has 5 nitrogen and oxygen atoms in total. The van der Waals surface area contributed by atoms with Gasteiger partial charge < -0.3 is 10.2 Å². The van der Waals surface area contributed by atoms with E-state index < -0.39 is 11.4 Å². The summed E-state index contributed by atoms with van der Waals surface area (Å²) in [5, 5.41) is 7.45. The van der Waals surface area contributed by atoms with E-state index in [1.807, 2.05) is 30.3 Å². The predicted octanol–water partition coefficient (Wildman–Crippen LogP) is 6.38. The molecule has 2 aromatic carbocycles. The standard InChI is InChI=1S/C26H29BrN2O3/c1-5-17-10-12-18(13-11-17)28-23(31)26-15-14-25(4,24(26,2)3)21(16-26)29-32-22(30)19-8-6-7-9-20(19)27/h6-13H,5,14-16H2,1-4H3,(H,28,31)/b29-21-. The normalized spacial score (nSPS) is 26.8. The van der Waals surface area contributed by atoms with E-state index in [-0.39, 0.29) is 16.7 Å². The first kappa shape index (κ1) is 22.7. The number of hydrogen-bond acceptors (Lipinski definition) is 4. The third kappa shape index (κ3) is 3.40. The Balaban J connectivity index is 1.58. The number of halogens is 1. The quantitative estimate of drug-likeness (QED) is 0.385. The van der Waals surface area contributed by atoms with Gasteiger partial charge in [-0.05, 0) is 70.4 Å². The molecule has 0 aliphatic heterocycles. The van der Waals surface area contributed by atoms with Crippen LogP contribution >= 0.6 is 15.9 Å². The molecule has 2 aliphatic carbocycles. The molecular formula is C26H29BrN2O3. The van der Waals surface area contributed by atoms with Crippen LogP contribution < -0.4 is 5.32 Å². The Morgan fingerprint density at radius 2 is 1.75 bits per heavy atom. The molecule has 168 valence electrons. The molecule has 2 aliphatic rings. The highest BCUT2D eigenvalue weighted by molar-refractivity contribution is 9.10. The Bertz CT molecular complexity index is 1090. The van der Waals surface area contributed by atoms with Crippen LogP contribution in [0.3, 0.4) is 0 Å². The van der Waals surface area contributed by atoms with Gasteiger partial charge in [-0.2, -0.15) is 0 Å². The molecule has 6 heteroatoms. The summed E-state index contributed by atoms with van der Waals surface area (Å²) >= 11 is 3.38. The lowest BCUT2D eigenvalue weighted by molar-refractivity contribution is -0.130. The van der Waals surface area contributed by atoms with Crippen LogP contribution in [0.4, 0.5) is 5.69 Å². The molecule has 0 saturated heterocycles. The number of benzene rings is 2. The van der Waals surface area contributed by atoms with Gasteiger partial charge in [0, 0.05) is 22.0 Å². The van der Waals surface area contributed by atoms with E-state index in [1.165, 1.54) is 5.56 Å². The fourth-order valence-electron chi connectivity index (χ4n) is 5.37. The first-order valence-corrected chi connectivity index (χ1v) is 11.9. The molecule has 1 N–H and O–H groups in total. The second kappa shape index (κ2) is 8.14. The third-order valence-corrected chi connectivity index (χ3v) is 8.81. The van der Waals surface area contributed by atoms with Crippen LogP contribution in [-0.2, 0) is 16.1 Å². The number of fused-ring (bicyclic) bond motifs is 2. The zero-order valence-electron chi connectivity index (χ0n) is 19.0. The maximum atomic E-state index is 13.6. The molecule has 2 saturated carbocycles. The van der Waals surface area contributed by atoms with Crippen molar-refractivity contribution in [2.24, 2.45) is 21.4 Å². The van der Waals surface area contributed by atoms with Gasteiger partial charge in [0.25, 0.3) is 0 Å². The number of oxime groups is 1. The molecule has 4 rings (SSSR count). The summed E-state index contributed by atoms with van der Waals surface area (Å²) in [6, 6.07) is 15.1. The number of carbonyl (C=O) groups excluding carboxylic acids is 2. The van der Waals surface area contributed by atoms with Gasteiger partial charge in [0.2, 0.25) is 5.91 Å². The number of anilines is 1. The molecule has 2 unspecified atom stereocenters. The zero-order chi connectivity index (χ0) is 23.1. The lowest BCUT2D eigenvalue weighted by atomic mass is 9.64. The Kier molecular flexibility index (Phi) is 5.78. The predicted molar refractivity (Wildman–Crippen MR) is 130 cm³/mol. The molecule has 2 aromatic rings. The highest BCUT2D eigenvalue weighted by atomic mass is 79.9. The summed E-state index contributed by atoms with van der Waals surface area (Å²) in [6.07, 6.45) is 3.06. The number of aryl methyl sites for hydroxylation is 1. The maximum Gasteiger partial charge on any atom is 0.366 e. The Labute approximate surface area is 197 Å². The average Bonchev–Trinajstić information content (AvgIpc) is 3.09. The van der Waals surface area contributed by atoms with Crippen molar-refractivity contribution in [3.8, 4) is 0 Å². The van der Waals surface area contributed by atoms with Gasteiger partial charge in [0.1, 0.15) is 0 Å². The number of hydrogen-bond donors (Lipinski definition) is 1. The van der Waals surface area contributed by atoms with Crippen LogP contribution in [0.15, 0.2) is 58.2 Å². The smallest absolute Gasteiger partial charge is 0.326 e. The monoisotopic (exact) mass is 496 g/mol. The van der Waals surface area contributed by atoms with E-state index in [2.05, 4.69) is 54.1 Å². The Hall–Kier alpha value is -2.47. The largest absolute Gasteiger partial charge is 0.366 e. The molecule has 2 atom stereocenters. The minimum atomic E-state index is -0.594. The van der Waals surface area contributed by atoms with E-state index in [0.717, 1.165) is 30.7 Å². The molecule has 2 fully saturated rings. The summed E-state index contributed by atoms with van der Waals surface area (Å²) in [5.41, 5.74) is 2.01. The van der Waals surface area contributed by atoms with E-state index >= 15 is 0 Å². The fraction of sp³-hybridized carbons (Fsp3) is 0.423. The second-order valence-electron chi connectivity index (χ2n) is 9.62. The van der Waals surface area contributed by atoms with Gasteiger partial charge in [-0.15, -0.1) is 0 Å². The average molecular weight is 497 g/mol. The first-order valence-electron chi connectivity index (χ1n) is 11.1. The van der Waals surface area contributed by atoms with Crippen LogP contribution in [0, 0.1) is 16.2 Å². The van der Waals surface area contributed by atoms with Crippen molar-refractivity contribution in [3.63, 3.8) is 0 Å². The van der Waals surface area contributed by atoms with Crippen molar-refractivity contribution in [1.82, 2.24) is 0 Å². The van der Waals surface area contributed by atoms with Crippen molar-refractivity contribution >= 4 is 39.2 Å². The molecule has 0 heterocycles. The van der Waals surface area contributed by atoms with Crippen molar-refractivity contribution in [2.75, 3.05) is 5.32 Å². The summed E-state index contributed by atoms with van der Waals surface area (Å²) in [5.74, 6) is -0.499. The first-order chi connectivity index (χ1) is 15.1. The zero-order valence-corrected chi connectivity index (χ0v) is 20.6. The number of nitrogens with zero attached hydrogens (tertiary/aromatic N) is 1. The minimum Gasteiger partial charge on any atom is -0.326 e. The number of nitrogens with one attached hydrogen (secondary N) is 1.